The molecule has 0 aromatic heterocycles. The minimum absolute atomic E-state index is 0.000599. The van der Waals surface area contributed by atoms with Crippen LogP contribution >= 0.6 is 0 Å². The Balaban J connectivity index is 1.49. The SMILES string of the molecule is CC(C)(C)N(C(=O)O)[C@@H]1CCCC[C@@H]1C(=O)N1CC[C@H]2[C@H](c3ccccc3)Nc3ccccc3[C@@H]21. The number of carbonyl (C=O) groups is 2. The van der Waals surface area contributed by atoms with Crippen molar-refractivity contribution in [3.63, 3.8) is 0 Å². The van der Waals surface area contributed by atoms with Crippen LogP contribution in [0.2, 0.25) is 0 Å². The van der Waals surface area contributed by atoms with Gasteiger partial charge in [-0.05, 0) is 57.2 Å². The van der Waals surface area contributed by atoms with Gasteiger partial charge in [0.2, 0.25) is 5.91 Å². The lowest BCUT2D eigenvalue weighted by atomic mass is 9.78. The highest BCUT2D eigenvalue weighted by atomic mass is 16.4. The van der Waals surface area contributed by atoms with E-state index in [1.165, 1.54) is 11.1 Å². The number of likely N-dealkylation sites (tertiary alicyclic amines) is 1. The molecule has 2 aromatic rings. The topological polar surface area (TPSA) is 72.9 Å². The van der Waals surface area contributed by atoms with Crippen molar-refractivity contribution in [3.8, 4) is 0 Å². The third kappa shape index (κ3) is 4.28. The second-order valence-corrected chi connectivity index (χ2v) is 11.3. The van der Waals surface area contributed by atoms with E-state index in [0.717, 1.165) is 37.8 Å². The lowest BCUT2D eigenvalue weighted by molar-refractivity contribution is -0.141. The number of anilines is 1. The maximum Gasteiger partial charge on any atom is 0.408 e. The van der Waals surface area contributed by atoms with Crippen molar-refractivity contribution in [2.75, 3.05) is 11.9 Å². The Morgan fingerprint density at radius 2 is 1.66 bits per heavy atom. The van der Waals surface area contributed by atoms with Gasteiger partial charge in [-0.25, -0.2) is 4.79 Å². The summed E-state index contributed by atoms with van der Waals surface area (Å²) < 4.78 is 0. The van der Waals surface area contributed by atoms with Gasteiger partial charge in [-0.1, -0.05) is 61.4 Å². The van der Waals surface area contributed by atoms with Gasteiger partial charge in [0.25, 0.3) is 0 Å². The minimum atomic E-state index is -0.933. The number of rotatable bonds is 3. The second kappa shape index (κ2) is 9.21. The second-order valence-electron chi connectivity index (χ2n) is 11.3. The van der Waals surface area contributed by atoms with Crippen LogP contribution in [0.25, 0.3) is 0 Å². The number of amides is 2. The molecule has 0 bridgehead atoms. The Kier molecular flexibility index (Phi) is 6.24. The molecule has 1 saturated heterocycles. The maximum atomic E-state index is 14.3. The summed E-state index contributed by atoms with van der Waals surface area (Å²) >= 11 is 0. The standard InChI is InChI=1S/C29H37N3O3/c1-29(2,3)32(28(34)35)24-16-10-8-14-21(24)27(33)31-18-17-22-25(19-11-5-4-6-12-19)30-23-15-9-7-13-20(23)26(22)31/h4-7,9,11-13,15,21-22,24-26,30H,8,10,14,16-18H2,1-3H3,(H,34,35)/t21-,22-,24+,25-,26-/m0/s1. The molecular weight excluding hydrogens is 438 g/mol. The zero-order valence-electron chi connectivity index (χ0n) is 21.0. The van der Waals surface area contributed by atoms with Crippen molar-refractivity contribution < 1.29 is 14.7 Å². The Morgan fingerprint density at radius 1 is 0.971 bits per heavy atom. The highest BCUT2D eigenvalue weighted by Gasteiger charge is 2.50. The average Bonchev–Trinajstić information content (AvgIpc) is 3.28. The zero-order valence-corrected chi connectivity index (χ0v) is 21.0. The number of fused-ring (bicyclic) bond motifs is 3. The average molecular weight is 476 g/mol. The van der Waals surface area contributed by atoms with E-state index < -0.39 is 11.6 Å². The molecule has 2 N–H and O–H groups in total. The molecule has 1 aliphatic carbocycles. The number of hydrogen-bond acceptors (Lipinski definition) is 3. The number of para-hydroxylation sites is 1. The van der Waals surface area contributed by atoms with Gasteiger partial charge in [-0.3, -0.25) is 9.69 Å². The molecule has 35 heavy (non-hydrogen) atoms. The van der Waals surface area contributed by atoms with Gasteiger partial charge in [0.05, 0.1) is 18.0 Å². The maximum absolute atomic E-state index is 14.3. The molecule has 0 spiro atoms. The molecule has 0 radical (unpaired) electrons. The van der Waals surface area contributed by atoms with Crippen LogP contribution in [0.4, 0.5) is 10.5 Å². The molecule has 186 valence electrons. The van der Waals surface area contributed by atoms with Gasteiger partial charge in [0.1, 0.15) is 0 Å². The fourth-order valence-corrected chi connectivity index (χ4v) is 6.81. The summed E-state index contributed by atoms with van der Waals surface area (Å²) in [5.74, 6) is 0.104. The van der Waals surface area contributed by atoms with Crippen molar-refractivity contribution in [2.45, 2.75) is 76.5 Å². The van der Waals surface area contributed by atoms with Crippen LogP contribution in [0.3, 0.4) is 0 Å². The van der Waals surface area contributed by atoms with Gasteiger partial charge in [0, 0.05) is 29.7 Å². The summed E-state index contributed by atoms with van der Waals surface area (Å²) in [6, 6.07) is 18.7. The van der Waals surface area contributed by atoms with Gasteiger partial charge < -0.3 is 15.3 Å². The summed E-state index contributed by atoms with van der Waals surface area (Å²) in [5.41, 5.74) is 2.95. The van der Waals surface area contributed by atoms with Crippen molar-refractivity contribution >= 4 is 17.7 Å². The van der Waals surface area contributed by atoms with E-state index in [-0.39, 0.29) is 35.9 Å². The molecule has 6 nitrogen and oxygen atoms in total. The van der Waals surface area contributed by atoms with Crippen molar-refractivity contribution in [2.24, 2.45) is 11.8 Å². The summed E-state index contributed by atoms with van der Waals surface area (Å²) in [5, 5.41) is 13.9. The minimum Gasteiger partial charge on any atom is -0.465 e. The van der Waals surface area contributed by atoms with E-state index in [0.29, 0.717) is 6.54 Å². The van der Waals surface area contributed by atoms with Crippen LogP contribution in [0.15, 0.2) is 54.6 Å². The first-order valence-electron chi connectivity index (χ1n) is 13.0. The molecule has 2 amide bonds. The van der Waals surface area contributed by atoms with E-state index in [2.05, 4.69) is 52.7 Å². The molecular formula is C29H37N3O3. The highest BCUT2D eigenvalue weighted by Crippen LogP contribution is 2.52. The first-order valence-corrected chi connectivity index (χ1v) is 13.0. The Labute approximate surface area is 208 Å². The van der Waals surface area contributed by atoms with Crippen LogP contribution in [0, 0.1) is 11.8 Å². The summed E-state index contributed by atoms with van der Waals surface area (Å²) in [6.45, 7) is 6.49. The summed E-state index contributed by atoms with van der Waals surface area (Å²) in [6.07, 6.45) is 3.42. The third-order valence-electron chi connectivity index (χ3n) is 8.21. The van der Waals surface area contributed by atoms with E-state index in [4.69, 9.17) is 0 Å². The molecule has 5 atom stereocenters. The van der Waals surface area contributed by atoms with E-state index in [1.807, 2.05) is 32.9 Å². The highest BCUT2D eigenvalue weighted by molar-refractivity contribution is 5.82. The number of carbonyl (C=O) groups excluding carboxylic acids is 1. The van der Waals surface area contributed by atoms with Gasteiger partial charge >= 0.3 is 6.09 Å². The van der Waals surface area contributed by atoms with Crippen molar-refractivity contribution in [3.05, 3.63) is 65.7 Å². The molecule has 2 fully saturated rings. The van der Waals surface area contributed by atoms with Crippen LogP contribution in [-0.2, 0) is 4.79 Å². The molecule has 3 aliphatic rings. The van der Waals surface area contributed by atoms with Gasteiger partial charge in [-0.2, -0.15) is 0 Å². The third-order valence-corrected chi connectivity index (χ3v) is 8.21. The first kappa shape index (κ1) is 23.7. The predicted octanol–water partition coefficient (Wildman–Crippen LogP) is 6.08. The first-order chi connectivity index (χ1) is 16.8. The van der Waals surface area contributed by atoms with Gasteiger partial charge in [-0.15, -0.1) is 0 Å². The summed E-state index contributed by atoms with van der Waals surface area (Å²) in [7, 11) is 0. The fourth-order valence-electron chi connectivity index (χ4n) is 6.81. The number of carboxylic acid groups (broad SMARTS) is 1. The molecule has 2 aliphatic heterocycles. The predicted molar refractivity (Wildman–Crippen MR) is 137 cm³/mol. The zero-order chi connectivity index (χ0) is 24.7. The number of nitrogens with one attached hydrogen (secondary N) is 1. The van der Waals surface area contributed by atoms with E-state index in [9.17, 15) is 14.7 Å². The van der Waals surface area contributed by atoms with Crippen LogP contribution in [0.1, 0.15) is 76.1 Å². The molecule has 6 heteroatoms. The fraction of sp³-hybridized carbons (Fsp3) is 0.517. The lowest BCUT2D eigenvalue weighted by Gasteiger charge is -2.46. The van der Waals surface area contributed by atoms with E-state index >= 15 is 0 Å². The number of benzene rings is 2. The Hall–Kier alpha value is -3.02. The van der Waals surface area contributed by atoms with Crippen LogP contribution in [0.5, 0.6) is 0 Å². The number of hydrogen-bond donors (Lipinski definition) is 2. The molecule has 2 heterocycles. The Bertz CT molecular complexity index is 1080. The molecule has 5 rings (SSSR count). The number of nitrogens with zero attached hydrogens (tertiary/aromatic N) is 2. The normalized spacial score (nSPS) is 28.0. The monoisotopic (exact) mass is 475 g/mol. The van der Waals surface area contributed by atoms with E-state index in [1.54, 1.807) is 4.90 Å². The molecule has 0 unspecified atom stereocenters. The molecule has 1 saturated carbocycles. The Morgan fingerprint density at radius 3 is 2.37 bits per heavy atom. The summed E-state index contributed by atoms with van der Waals surface area (Å²) in [4.78, 5) is 30.2. The quantitative estimate of drug-likeness (QED) is 0.564. The lowest BCUT2D eigenvalue weighted by Crippen LogP contribution is -2.57. The van der Waals surface area contributed by atoms with Crippen LogP contribution < -0.4 is 5.32 Å². The molecule has 2 aromatic carbocycles. The van der Waals surface area contributed by atoms with Crippen LogP contribution in [-0.4, -0.2) is 45.0 Å². The smallest absolute Gasteiger partial charge is 0.408 e. The largest absolute Gasteiger partial charge is 0.465 e. The van der Waals surface area contributed by atoms with Crippen molar-refractivity contribution in [1.29, 1.82) is 0 Å². The van der Waals surface area contributed by atoms with Gasteiger partial charge in [0.15, 0.2) is 0 Å². The van der Waals surface area contributed by atoms with Crippen molar-refractivity contribution in [1.82, 2.24) is 9.80 Å².